The van der Waals surface area contributed by atoms with Crippen molar-refractivity contribution in [2.45, 2.75) is 6.92 Å². The summed E-state index contributed by atoms with van der Waals surface area (Å²) in [4.78, 5) is 4.17. The van der Waals surface area contributed by atoms with E-state index in [9.17, 15) is 0 Å². The molecule has 4 heteroatoms. The Bertz CT molecular complexity index is 136. The molecule has 1 heterocycles. The van der Waals surface area contributed by atoms with Gasteiger partial charge in [-0.05, 0) is 6.92 Å². The first kappa shape index (κ1) is 8.33. The number of hydrogen-bond acceptors (Lipinski definition) is 4. The molecule has 1 rings (SSSR count). The molecule has 0 saturated heterocycles. The molecule has 0 aromatic carbocycles. The van der Waals surface area contributed by atoms with E-state index in [1.54, 1.807) is 0 Å². The van der Waals surface area contributed by atoms with E-state index in [0.717, 1.165) is 38.8 Å². The van der Waals surface area contributed by atoms with Crippen molar-refractivity contribution in [2.75, 3.05) is 32.8 Å². The van der Waals surface area contributed by atoms with Crippen LogP contribution in [-0.2, 0) is 4.74 Å². The van der Waals surface area contributed by atoms with Gasteiger partial charge in [0, 0.05) is 19.7 Å². The Labute approximate surface area is 67.0 Å². The lowest BCUT2D eigenvalue weighted by atomic mass is 10.6. The fourth-order valence-electron chi connectivity index (χ4n) is 0.902. The van der Waals surface area contributed by atoms with Crippen molar-refractivity contribution in [1.82, 2.24) is 10.6 Å². The van der Waals surface area contributed by atoms with Crippen LogP contribution in [0.15, 0.2) is 4.99 Å². The van der Waals surface area contributed by atoms with Crippen molar-refractivity contribution in [3.63, 3.8) is 0 Å². The predicted octanol–water partition coefficient (Wildman–Crippen LogP) is -0.428. The molecule has 0 radical (unpaired) electrons. The van der Waals surface area contributed by atoms with Crippen LogP contribution in [0.1, 0.15) is 6.92 Å². The summed E-state index contributed by atoms with van der Waals surface area (Å²) in [5.74, 6) is 0.907. The molecule has 0 aromatic rings. The number of nitrogens with zero attached hydrogens (tertiary/aromatic N) is 1. The van der Waals surface area contributed by atoms with Crippen molar-refractivity contribution < 1.29 is 4.74 Å². The molecule has 0 bridgehead atoms. The lowest BCUT2D eigenvalue weighted by Gasteiger charge is -2.05. The van der Waals surface area contributed by atoms with Gasteiger partial charge in [0.1, 0.15) is 0 Å². The molecule has 0 unspecified atom stereocenters. The zero-order chi connectivity index (χ0) is 7.94. The summed E-state index contributed by atoms with van der Waals surface area (Å²) in [6.07, 6.45) is 0. The minimum absolute atomic E-state index is 0.747. The molecule has 0 saturated carbocycles. The minimum atomic E-state index is 0.747. The monoisotopic (exact) mass is 157 g/mol. The second-order valence-corrected chi connectivity index (χ2v) is 2.28. The van der Waals surface area contributed by atoms with Gasteiger partial charge in [0.15, 0.2) is 5.96 Å². The Hall–Kier alpha value is -0.770. The Morgan fingerprint density at radius 1 is 1.73 bits per heavy atom. The lowest BCUT2D eigenvalue weighted by molar-refractivity contribution is 0.152. The average Bonchev–Trinajstić information content (AvgIpc) is 2.50. The number of aliphatic imine (C=N–C) groups is 1. The van der Waals surface area contributed by atoms with Crippen LogP contribution in [0, 0.1) is 0 Å². The first-order valence-corrected chi connectivity index (χ1v) is 4.03. The molecule has 0 atom stereocenters. The normalized spacial score (nSPS) is 15.9. The minimum Gasteiger partial charge on any atom is -0.380 e. The molecular formula is C7H15N3O. The largest absolute Gasteiger partial charge is 0.380 e. The maximum absolute atomic E-state index is 5.15. The van der Waals surface area contributed by atoms with Gasteiger partial charge < -0.3 is 15.4 Å². The van der Waals surface area contributed by atoms with E-state index in [2.05, 4.69) is 15.6 Å². The standard InChI is InChI=1S/C7H15N3O/c1-2-11-6-5-10-7-8-3-4-9-7/h2-6H2,1H3,(H2,8,9,10). The van der Waals surface area contributed by atoms with Crippen molar-refractivity contribution >= 4 is 5.96 Å². The first-order valence-electron chi connectivity index (χ1n) is 4.03. The van der Waals surface area contributed by atoms with E-state index >= 15 is 0 Å². The van der Waals surface area contributed by atoms with Gasteiger partial charge >= 0.3 is 0 Å². The molecule has 0 amide bonds. The van der Waals surface area contributed by atoms with Crippen LogP contribution in [0.3, 0.4) is 0 Å². The summed E-state index contributed by atoms with van der Waals surface area (Å²) in [5.41, 5.74) is 0. The molecule has 4 nitrogen and oxygen atoms in total. The Morgan fingerprint density at radius 2 is 2.64 bits per heavy atom. The number of ether oxygens (including phenoxy) is 1. The zero-order valence-corrected chi connectivity index (χ0v) is 6.89. The maximum Gasteiger partial charge on any atom is 0.191 e. The molecule has 0 fully saturated rings. The smallest absolute Gasteiger partial charge is 0.191 e. The molecule has 2 N–H and O–H groups in total. The van der Waals surface area contributed by atoms with Crippen molar-refractivity contribution in [3.05, 3.63) is 0 Å². The molecule has 1 aliphatic rings. The number of nitrogens with one attached hydrogen (secondary N) is 2. The Balaban J connectivity index is 1.94. The van der Waals surface area contributed by atoms with Crippen LogP contribution in [0.2, 0.25) is 0 Å². The van der Waals surface area contributed by atoms with Crippen molar-refractivity contribution in [2.24, 2.45) is 4.99 Å². The Morgan fingerprint density at radius 3 is 3.27 bits per heavy atom. The van der Waals surface area contributed by atoms with Crippen LogP contribution < -0.4 is 10.6 Å². The van der Waals surface area contributed by atoms with Crippen molar-refractivity contribution in [1.29, 1.82) is 0 Å². The van der Waals surface area contributed by atoms with Gasteiger partial charge in [-0.15, -0.1) is 0 Å². The average molecular weight is 157 g/mol. The highest BCUT2D eigenvalue weighted by molar-refractivity contribution is 5.81. The van der Waals surface area contributed by atoms with Crippen LogP contribution in [0.25, 0.3) is 0 Å². The zero-order valence-electron chi connectivity index (χ0n) is 6.89. The molecular weight excluding hydrogens is 142 g/mol. The second-order valence-electron chi connectivity index (χ2n) is 2.28. The van der Waals surface area contributed by atoms with Crippen molar-refractivity contribution in [3.8, 4) is 0 Å². The summed E-state index contributed by atoms with van der Waals surface area (Å²) in [5, 5.41) is 6.25. The van der Waals surface area contributed by atoms with Crippen LogP contribution >= 0.6 is 0 Å². The summed E-state index contributed by atoms with van der Waals surface area (Å²) in [6.45, 7) is 6.19. The third-order valence-electron chi connectivity index (χ3n) is 1.42. The van der Waals surface area contributed by atoms with Crippen LogP contribution in [-0.4, -0.2) is 38.8 Å². The third kappa shape index (κ3) is 3.23. The van der Waals surface area contributed by atoms with Gasteiger partial charge in [0.05, 0.1) is 13.2 Å². The molecule has 0 aliphatic carbocycles. The second kappa shape index (κ2) is 4.96. The van der Waals surface area contributed by atoms with Gasteiger partial charge in [-0.1, -0.05) is 0 Å². The molecule has 0 aromatic heterocycles. The van der Waals surface area contributed by atoms with Gasteiger partial charge in [-0.2, -0.15) is 0 Å². The van der Waals surface area contributed by atoms with Gasteiger partial charge in [0.2, 0.25) is 0 Å². The topological polar surface area (TPSA) is 45.6 Å². The van der Waals surface area contributed by atoms with E-state index in [1.807, 2.05) is 6.92 Å². The highest BCUT2D eigenvalue weighted by Crippen LogP contribution is 1.80. The number of guanidine groups is 1. The third-order valence-corrected chi connectivity index (χ3v) is 1.42. The van der Waals surface area contributed by atoms with Crippen LogP contribution in [0.4, 0.5) is 0 Å². The number of hydrogen-bond donors (Lipinski definition) is 2. The quantitative estimate of drug-likeness (QED) is 0.544. The summed E-state index contributed by atoms with van der Waals surface area (Å²) >= 11 is 0. The van der Waals surface area contributed by atoms with E-state index in [4.69, 9.17) is 4.74 Å². The van der Waals surface area contributed by atoms with Gasteiger partial charge in [-0.25, -0.2) is 0 Å². The van der Waals surface area contributed by atoms with Gasteiger partial charge in [0.25, 0.3) is 0 Å². The maximum atomic E-state index is 5.15. The summed E-state index contributed by atoms with van der Waals surface area (Å²) in [7, 11) is 0. The highest BCUT2D eigenvalue weighted by atomic mass is 16.5. The van der Waals surface area contributed by atoms with Crippen LogP contribution in [0.5, 0.6) is 0 Å². The van der Waals surface area contributed by atoms with E-state index in [-0.39, 0.29) is 0 Å². The first-order chi connectivity index (χ1) is 5.43. The molecule has 1 aliphatic heterocycles. The molecule has 0 spiro atoms. The van der Waals surface area contributed by atoms with E-state index < -0.39 is 0 Å². The van der Waals surface area contributed by atoms with Gasteiger partial charge in [-0.3, -0.25) is 4.99 Å². The SMILES string of the molecule is CCOCCNC1=NCCN1. The van der Waals surface area contributed by atoms with E-state index in [1.165, 1.54) is 0 Å². The predicted molar refractivity (Wildman–Crippen MR) is 44.8 cm³/mol. The fraction of sp³-hybridized carbons (Fsp3) is 0.857. The Kier molecular flexibility index (Phi) is 3.75. The summed E-state index contributed by atoms with van der Waals surface area (Å²) < 4.78 is 5.15. The fourth-order valence-corrected chi connectivity index (χ4v) is 0.902. The van der Waals surface area contributed by atoms with E-state index in [0.29, 0.717) is 0 Å². The molecule has 11 heavy (non-hydrogen) atoms. The highest BCUT2D eigenvalue weighted by Gasteiger charge is 2.01. The number of rotatable bonds is 4. The summed E-state index contributed by atoms with van der Waals surface area (Å²) in [6, 6.07) is 0. The molecule has 64 valence electrons. The lowest BCUT2D eigenvalue weighted by Crippen LogP contribution is -2.35.